The molecule has 1 fully saturated rings. The number of nitrogens with zero attached hydrogens (tertiary/aromatic N) is 6. The number of pyridine rings is 1. The summed E-state index contributed by atoms with van der Waals surface area (Å²) in [5.74, 6) is -2.17. The highest BCUT2D eigenvalue weighted by Crippen LogP contribution is 2.35. The van der Waals surface area contributed by atoms with Gasteiger partial charge in [-0.15, -0.1) is 0 Å². The van der Waals surface area contributed by atoms with Crippen molar-refractivity contribution in [3.8, 4) is 11.1 Å². The van der Waals surface area contributed by atoms with Crippen molar-refractivity contribution < 1.29 is 36.7 Å². The van der Waals surface area contributed by atoms with E-state index < -0.39 is 61.5 Å². The SMILES string of the molecule is CC(=O)c1nn2c3c(cc(-c4cnc(C)nc4)cc13)CCCCCCC(=O)NC[C@@]1(F)C[C@@H](C(=O)Nc3nc(C(F)(F)F)ccc3C)N(C1)C(=O)C2. The van der Waals surface area contributed by atoms with Crippen LogP contribution in [0.1, 0.15) is 78.6 Å². The van der Waals surface area contributed by atoms with Crippen LogP contribution >= 0.6 is 0 Å². The second-order valence-corrected chi connectivity index (χ2v) is 13.5. The molecule has 4 aromatic rings. The van der Waals surface area contributed by atoms with Crippen molar-refractivity contribution in [2.75, 3.05) is 18.4 Å². The molecule has 1 aromatic carbocycles. The average molecular weight is 723 g/mol. The van der Waals surface area contributed by atoms with Crippen LogP contribution in [-0.4, -0.2) is 77.9 Å². The van der Waals surface area contributed by atoms with Gasteiger partial charge in [0.2, 0.25) is 17.7 Å². The Labute approximate surface area is 296 Å². The van der Waals surface area contributed by atoms with Crippen molar-refractivity contribution in [1.82, 2.24) is 34.9 Å². The zero-order chi connectivity index (χ0) is 37.4. The van der Waals surface area contributed by atoms with E-state index in [1.807, 2.05) is 6.07 Å². The lowest BCUT2D eigenvalue weighted by atomic mass is 9.96. The Balaban J connectivity index is 1.40. The van der Waals surface area contributed by atoms with Gasteiger partial charge in [-0.1, -0.05) is 18.9 Å². The molecule has 3 aromatic heterocycles. The highest BCUT2D eigenvalue weighted by molar-refractivity contribution is 6.07. The van der Waals surface area contributed by atoms with Crippen molar-refractivity contribution in [3.63, 3.8) is 0 Å². The molecule has 0 spiro atoms. The molecule has 274 valence electrons. The minimum absolute atomic E-state index is 0.123. The minimum Gasteiger partial charge on any atom is -0.353 e. The predicted molar refractivity (Wildman–Crippen MR) is 182 cm³/mol. The second-order valence-electron chi connectivity index (χ2n) is 13.5. The van der Waals surface area contributed by atoms with Crippen LogP contribution in [0.4, 0.5) is 23.4 Å². The van der Waals surface area contributed by atoms with Crippen LogP contribution in [0.15, 0.2) is 36.7 Å². The summed E-state index contributed by atoms with van der Waals surface area (Å²) in [7, 11) is 0. The van der Waals surface area contributed by atoms with Crippen molar-refractivity contribution >= 4 is 40.2 Å². The van der Waals surface area contributed by atoms with Crippen LogP contribution in [0.3, 0.4) is 0 Å². The van der Waals surface area contributed by atoms with Gasteiger partial charge in [-0.25, -0.2) is 19.3 Å². The van der Waals surface area contributed by atoms with E-state index in [9.17, 15) is 32.3 Å². The minimum atomic E-state index is -4.78. The quantitative estimate of drug-likeness (QED) is 0.213. The van der Waals surface area contributed by atoms with Gasteiger partial charge in [-0.05, 0) is 68.0 Å². The van der Waals surface area contributed by atoms with Gasteiger partial charge in [0.05, 0.1) is 18.6 Å². The van der Waals surface area contributed by atoms with E-state index in [1.165, 1.54) is 18.5 Å². The molecular formula is C36H38F4N8O4. The lowest BCUT2D eigenvalue weighted by Crippen LogP contribution is -2.45. The smallest absolute Gasteiger partial charge is 0.353 e. The zero-order valence-corrected chi connectivity index (χ0v) is 28.9. The number of carbonyl (C=O) groups is 4. The fourth-order valence-electron chi connectivity index (χ4n) is 6.77. The highest BCUT2D eigenvalue weighted by atomic mass is 19.4. The highest BCUT2D eigenvalue weighted by Gasteiger charge is 2.50. The molecule has 0 aliphatic carbocycles. The monoisotopic (exact) mass is 722 g/mol. The molecule has 0 saturated carbocycles. The van der Waals surface area contributed by atoms with Crippen molar-refractivity contribution in [1.29, 1.82) is 0 Å². The van der Waals surface area contributed by atoms with Gasteiger partial charge in [-0.2, -0.15) is 18.3 Å². The van der Waals surface area contributed by atoms with Gasteiger partial charge in [0.1, 0.15) is 41.3 Å². The number of anilines is 1. The Morgan fingerprint density at radius 1 is 1.00 bits per heavy atom. The number of aromatic nitrogens is 5. The summed E-state index contributed by atoms with van der Waals surface area (Å²) in [6.07, 6.45) is 1.56. The number of halogens is 4. The maximum Gasteiger partial charge on any atom is 0.433 e. The van der Waals surface area contributed by atoms with E-state index in [2.05, 4.69) is 30.7 Å². The van der Waals surface area contributed by atoms with Crippen LogP contribution < -0.4 is 10.6 Å². The predicted octanol–water partition coefficient (Wildman–Crippen LogP) is 5.30. The van der Waals surface area contributed by atoms with Crippen LogP contribution in [0, 0.1) is 13.8 Å². The van der Waals surface area contributed by atoms with E-state index in [1.54, 1.807) is 25.4 Å². The molecule has 6 rings (SSSR count). The van der Waals surface area contributed by atoms with E-state index in [4.69, 9.17) is 0 Å². The molecule has 2 bridgehead atoms. The number of aryl methyl sites for hydroxylation is 3. The van der Waals surface area contributed by atoms with E-state index in [-0.39, 0.29) is 35.2 Å². The summed E-state index contributed by atoms with van der Waals surface area (Å²) in [6, 6.07) is 4.19. The normalized spacial score (nSPS) is 20.4. The van der Waals surface area contributed by atoms with E-state index in [0.29, 0.717) is 35.1 Å². The van der Waals surface area contributed by atoms with Crippen LogP contribution in [0.25, 0.3) is 22.0 Å². The van der Waals surface area contributed by atoms with Crippen molar-refractivity contribution in [2.45, 2.75) is 90.1 Å². The summed E-state index contributed by atoms with van der Waals surface area (Å²) < 4.78 is 58.2. The van der Waals surface area contributed by atoms with Gasteiger partial charge < -0.3 is 15.5 Å². The number of ketones is 1. The number of hydrogen-bond donors (Lipinski definition) is 2. The third kappa shape index (κ3) is 7.79. The maximum atomic E-state index is 16.5. The van der Waals surface area contributed by atoms with Gasteiger partial charge in [0.25, 0.3) is 0 Å². The summed E-state index contributed by atoms with van der Waals surface area (Å²) in [4.78, 5) is 66.6. The topological polar surface area (TPSA) is 152 Å². The number of fused-ring (bicyclic) bond motifs is 2. The Hall–Kier alpha value is -5.28. The van der Waals surface area contributed by atoms with Gasteiger partial charge in [0.15, 0.2) is 5.78 Å². The standard InChI is InChI=1S/C36H38F4N8O4/c1-20-10-11-28(36(38,39)40)44-33(20)45-34(52)27-14-35(37)18-43-29(50)9-7-5-4-6-8-23-12-24(25-15-41-22(3)42-16-25)13-26-31(21(2)49)46-48(32(23)26)17-30(51)47(27)19-35/h10-13,15-16,27H,4-9,14,17-19H2,1-3H3,(H,43,50)(H,44,45,52)/t27-,35-/m0/s1. The third-order valence-corrected chi connectivity index (χ3v) is 9.50. The molecule has 1 saturated heterocycles. The summed E-state index contributed by atoms with van der Waals surface area (Å²) >= 11 is 0. The summed E-state index contributed by atoms with van der Waals surface area (Å²) in [6.45, 7) is 3.05. The molecule has 52 heavy (non-hydrogen) atoms. The van der Waals surface area contributed by atoms with Gasteiger partial charge >= 0.3 is 6.18 Å². The number of amides is 3. The number of Topliss-reactive ketones (excluding diaryl/α,β-unsaturated/α-hetero) is 1. The van der Waals surface area contributed by atoms with Gasteiger partial charge in [0, 0.05) is 43.1 Å². The number of carbonyl (C=O) groups excluding carboxylic acids is 4. The number of alkyl halides is 4. The lowest BCUT2D eigenvalue weighted by molar-refractivity contribution is -0.141. The Morgan fingerprint density at radius 2 is 1.71 bits per heavy atom. The molecule has 2 atom stereocenters. The Morgan fingerprint density at radius 3 is 2.40 bits per heavy atom. The molecular weight excluding hydrogens is 684 g/mol. The zero-order valence-electron chi connectivity index (χ0n) is 28.9. The molecule has 2 N–H and O–H groups in total. The number of rotatable bonds is 4. The first-order valence-electron chi connectivity index (χ1n) is 17.1. The van der Waals surface area contributed by atoms with Crippen LogP contribution in [-0.2, 0) is 33.5 Å². The molecule has 2 aliphatic heterocycles. The average Bonchev–Trinajstić information content (AvgIpc) is 3.64. The number of benzene rings is 1. The molecule has 0 unspecified atom stereocenters. The van der Waals surface area contributed by atoms with Gasteiger partial charge in [-0.3, -0.25) is 23.9 Å². The fraction of sp³-hybridized carbons (Fsp3) is 0.444. The van der Waals surface area contributed by atoms with Crippen LogP contribution in [0.5, 0.6) is 0 Å². The Kier molecular flexibility index (Phi) is 10.1. The number of hydrogen-bond acceptors (Lipinski definition) is 8. The fourth-order valence-corrected chi connectivity index (χ4v) is 6.77. The van der Waals surface area contributed by atoms with E-state index >= 15 is 4.39 Å². The Bertz CT molecular complexity index is 2050. The second kappa shape index (κ2) is 14.4. The van der Waals surface area contributed by atoms with Crippen molar-refractivity contribution in [3.05, 3.63) is 65.0 Å². The molecule has 3 amide bonds. The summed E-state index contributed by atoms with van der Waals surface area (Å²) in [5, 5.41) is 10.0. The third-order valence-electron chi connectivity index (χ3n) is 9.50. The first-order chi connectivity index (χ1) is 24.6. The largest absolute Gasteiger partial charge is 0.433 e. The molecule has 16 heteroatoms. The molecule has 0 radical (unpaired) electrons. The molecule has 5 heterocycles. The van der Waals surface area contributed by atoms with Crippen molar-refractivity contribution in [2.24, 2.45) is 0 Å². The van der Waals surface area contributed by atoms with Crippen LogP contribution in [0.2, 0.25) is 0 Å². The molecule has 2 aliphatic rings. The number of nitrogens with one attached hydrogen (secondary N) is 2. The summed E-state index contributed by atoms with van der Waals surface area (Å²) in [5.41, 5.74) is -0.327. The van der Waals surface area contributed by atoms with E-state index in [0.717, 1.165) is 47.4 Å². The molecule has 12 nitrogen and oxygen atoms in total. The first-order valence-corrected chi connectivity index (χ1v) is 17.1. The first kappa shape index (κ1) is 36.5. The maximum absolute atomic E-state index is 16.5. The lowest BCUT2D eigenvalue weighted by Gasteiger charge is -2.24.